The summed E-state index contributed by atoms with van der Waals surface area (Å²) in [5.74, 6) is -0.955. The Labute approximate surface area is 278 Å². The van der Waals surface area contributed by atoms with Gasteiger partial charge in [0.2, 0.25) is 5.91 Å². The Balaban J connectivity index is 1.34. The Morgan fingerprint density at radius 3 is 2.34 bits per heavy atom. The number of carbonyl (C=O) groups is 2. The van der Waals surface area contributed by atoms with Crippen molar-refractivity contribution >= 4 is 11.9 Å². The number of ether oxygens (including phenoxy) is 2. The minimum absolute atomic E-state index is 0.00224. The summed E-state index contributed by atoms with van der Waals surface area (Å²) in [6.07, 6.45) is 6.62. The van der Waals surface area contributed by atoms with Gasteiger partial charge in [0.05, 0.1) is 18.8 Å². The molecule has 5 rings (SSSR count). The largest absolute Gasteiger partial charge is 0.481 e. The number of carboxylic acid groups (broad SMARTS) is 1. The number of amides is 1. The second-order valence-electron chi connectivity index (χ2n) is 12.8. The summed E-state index contributed by atoms with van der Waals surface area (Å²) >= 11 is 0. The third kappa shape index (κ3) is 9.17. The van der Waals surface area contributed by atoms with Crippen molar-refractivity contribution in [2.24, 2.45) is 5.92 Å². The first-order chi connectivity index (χ1) is 22.9. The summed E-state index contributed by atoms with van der Waals surface area (Å²) in [4.78, 5) is 25.6. The molecule has 47 heavy (non-hydrogen) atoms. The molecule has 3 aromatic rings. The number of carbonyl (C=O) groups excluding carboxylic acids is 1. The predicted molar refractivity (Wildman–Crippen MR) is 182 cm³/mol. The van der Waals surface area contributed by atoms with E-state index >= 15 is 0 Å². The van der Waals surface area contributed by atoms with E-state index in [1.54, 1.807) is 0 Å². The second-order valence-corrected chi connectivity index (χ2v) is 12.8. The fraction of sp³-hybridized carbons (Fsp3) is 0.436. The fourth-order valence-electron chi connectivity index (χ4n) is 6.83. The van der Waals surface area contributed by atoms with Crippen LogP contribution in [0.5, 0.6) is 0 Å². The van der Waals surface area contributed by atoms with Crippen LogP contribution in [0.4, 0.5) is 0 Å². The minimum Gasteiger partial charge on any atom is -0.481 e. The number of hydrogen-bond donors (Lipinski definition) is 3. The molecular weight excluding hydrogens is 592 g/mol. The van der Waals surface area contributed by atoms with Crippen LogP contribution in [-0.2, 0) is 32.2 Å². The smallest absolute Gasteiger partial charge is 0.303 e. The number of aliphatic hydroxyl groups excluding tert-OH is 1. The zero-order valence-corrected chi connectivity index (χ0v) is 27.4. The lowest BCUT2D eigenvalue weighted by Crippen LogP contribution is -2.47. The van der Waals surface area contributed by atoms with Crippen molar-refractivity contribution in [3.05, 3.63) is 108 Å². The molecule has 1 saturated heterocycles. The van der Waals surface area contributed by atoms with Crippen LogP contribution >= 0.6 is 0 Å². The lowest BCUT2D eigenvalue weighted by molar-refractivity contribution is -0.276. The van der Waals surface area contributed by atoms with Gasteiger partial charge in [0.15, 0.2) is 6.29 Å². The molecule has 2 aliphatic rings. The summed E-state index contributed by atoms with van der Waals surface area (Å²) in [6.45, 7) is 8.23. The first-order valence-electron chi connectivity index (χ1n) is 16.9. The number of benzene rings is 3. The number of rotatable bonds is 15. The van der Waals surface area contributed by atoms with Gasteiger partial charge in [0.1, 0.15) is 0 Å². The summed E-state index contributed by atoms with van der Waals surface area (Å²) in [5.41, 5.74) is 5.88. The van der Waals surface area contributed by atoms with Gasteiger partial charge in [0.25, 0.3) is 0 Å². The molecule has 2 fully saturated rings. The van der Waals surface area contributed by atoms with Crippen LogP contribution in [0.15, 0.2) is 85.5 Å². The normalized spacial score (nSPS) is 21.5. The molecule has 8 heteroatoms. The Hall–Kier alpha value is -3.82. The molecule has 0 spiro atoms. The van der Waals surface area contributed by atoms with E-state index in [1.165, 1.54) is 25.7 Å². The molecule has 3 aromatic carbocycles. The summed E-state index contributed by atoms with van der Waals surface area (Å²) in [5, 5.41) is 21.4. The number of hydrogen-bond acceptors (Lipinski definition) is 6. The van der Waals surface area contributed by atoms with Crippen molar-refractivity contribution in [2.75, 3.05) is 13.1 Å². The quantitative estimate of drug-likeness (QED) is 0.155. The van der Waals surface area contributed by atoms with Crippen molar-refractivity contribution < 1.29 is 29.3 Å². The van der Waals surface area contributed by atoms with Gasteiger partial charge in [-0.25, -0.2) is 0 Å². The van der Waals surface area contributed by atoms with Crippen molar-refractivity contribution in [3.8, 4) is 11.1 Å². The maximum atomic E-state index is 12.3. The van der Waals surface area contributed by atoms with E-state index in [4.69, 9.17) is 14.6 Å². The molecule has 4 unspecified atom stereocenters. The summed E-state index contributed by atoms with van der Waals surface area (Å²) in [6, 6.07) is 24.8. The van der Waals surface area contributed by atoms with E-state index in [1.807, 2.05) is 42.5 Å². The molecule has 4 atom stereocenters. The number of aliphatic carboxylic acids is 1. The van der Waals surface area contributed by atoms with Crippen LogP contribution in [0.25, 0.3) is 11.1 Å². The molecule has 0 radical (unpaired) electrons. The van der Waals surface area contributed by atoms with Crippen molar-refractivity contribution in [3.63, 3.8) is 0 Å². The van der Waals surface area contributed by atoms with E-state index in [0.29, 0.717) is 19.0 Å². The van der Waals surface area contributed by atoms with Crippen LogP contribution < -0.4 is 5.32 Å². The number of nitrogens with zero attached hydrogens (tertiary/aromatic N) is 1. The fourth-order valence-corrected chi connectivity index (χ4v) is 6.83. The molecule has 250 valence electrons. The van der Waals surface area contributed by atoms with Crippen molar-refractivity contribution in [1.82, 2.24) is 10.2 Å². The standard InChI is InChI=1S/C39H48N2O6/c1-3-23-41(33-10-5-6-11-33)25-35-27(2)38(30-17-15-28(26-42)16-18-30)47-39(46-35)31-21-19-29(20-22-31)34-12-7-4-9-32(34)24-40-36(43)13-8-14-37(44)45/h3-4,7,9,12,15-22,27,33,35,38-39,42H,1,5-6,8,10-11,13-14,23-26H2,2H3,(H,40,43)(H,44,45). The van der Waals surface area contributed by atoms with E-state index in [9.17, 15) is 14.7 Å². The molecule has 8 nitrogen and oxygen atoms in total. The van der Waals surface area contributed by atoms with Crippen LogP contribution in [-0.4, -0.2) is 52.2 Å². The van der Waals surface area contributed by atoms with E-state index in [0.717, 1.165) is 46.5 Å². The topological polar surface area (TPSA) is 108 Å². The first-order valence-corrected chi connectivity index (χ1v) is 16.9. The molecular formula is C39H48N2O6. The maximum Gasteiger partial charge on any atom is 0.303 e. The highest BCUT2D eigenvalue weighted by Gasteiger charge is 2.40. The van der Waals surface area contributed by atoms with Gasteiger partial charge >= 0.3 is 5.97 Å². The monoisotopic (exact) mass is 640 g/mol. The molecule has 3 N–H and O–H groups in total. The van der Waals surface area contributed by atoms with Gasteiger partial charge in [-0.05, 0) is 47.1 Å². The third-order valence-electron chi connectivity index (χ3n) is 9.52. The number of aliphatic hydroxyl groups is 1. The highest BCUT2D eigenvalue weighted by molar-refractivity contribution is 5.77. The Kier molecular flexibility index (Phi) is 12.4. The SMILES string of the molecule is C=CCN(CC1OC(c2ccc(-c3ccccc3CNC(=O)CCCC(=O)O)cc2)OC(c2ccc(CO)cc2)C1C)C1CCCC1. The maximum absolute atomic E-state index is 12.3. The van der Waals surface area contributed by atoms with Crippen molar-refractivity contribution in [1.29, 1.82) is 0 Å². The zero-order valence-electron chi connectivity index (χ0n) is 27.4. The average Bonchev–Trinajstić information content (AvgIpc) is 3.63. The summed E-state index contributed by atoms with van der Waals surface area (Å²) < 4.78 is 13.5. The summed E-state index contributed by atoms with van der Waals surface area (Å²) in [7, 11) is 0. The van der Waals surface area contributed by atoms with Crippen LogP contribution in [0, 0.1) is 5.92 Å². The van der Waals surface area contributed by atoms with Crippen LogP contribution in [0.3, 0.4) is 0 Å². The molecule has 0 aromatic heterocycles. The van der Waals surface area contributed by atoms with Gasteiger partial charge in [0, 0.05) is 50.0 Å². The number of nitrogens with one attached hydrogen (secondary N) is 1. The zero-order chi connectivity index (χ0) is 33.2. The van der Waals surface area contributed by atoms with Crippen LogP contribution in [0.2, 0.25) is 0 Å². The minimum atomic E-state index is -0.897. The van der Waals surface area contributed by atoms with Gasteiger partial charge in [-0.3, -0.25) is 14.5 Å². The van der Waals surface area contributed by atoms with Gasteiger partial charge in [-0.15, -0.1) is 6.58 Å². The molecule has 0 bridgehead atoms. The molecule has 1 heterocycles. The van der Waals surface area contributed by atoms with Crippen molar-refractivity contribution in [2.45, 2.75) is 89.6 Å². The van der Waals surface area contributed by atoms with E-state index in [-0.39, 0.29) is 43.5 Å². The van der Waals surface area contributed by atoms with Crippen LogP contribution in [0.1, 0.15) is 86.5 Å². The predicted octanol–water partition coefficient (Wildman–Crippen LogP) is 6.94. The molecule has 1 saturated carbocycles. The Bertz CT molecular complexity index is 1470. The van der Waals surface area contributed by atoms with Gasteiger partial charge in [-0.2, -0.15) is 0 Å². The van der Waals surface area contributed by atoms with Gasteiger partial charge < -0.3 is 25.0 Å². The third-order valence-corrected chi connectivity index (χ3v) is 9.52. The molecule has 1 aliphatic carbocycles. The highest BCUT2D eigenvalue weighted by Crippen LogP contribution is 2.42. The molecule has 1 aliphatic heterocycles. The lowest BCUT2D eigenvalue weighted by Gasteiger charge is -2.43. The van der Waals surface area contributed by atoms with E-state index in [2.05, 4.69) is 60.1 Å². The van der Waals surface area contributed by atoms with E-state index < -0.39 is 12.3 Å². The lowest BCUT2D eigenvalue weighted by atomic mass is 9.89. The average molecular weight is 641 g/mol. The first kappa shape index (κ1) is 34.5. The number of carboxylic acids is 1. The Morgan fingerprint density at radius 1 is 0.957 bits per heavy atom. The van der Waals surface area contributed by atoms with Gasteiger partial charge in [-0.1, -0.05) is 98.6 Å². The Morgan fingerprint density at radius 2 is 1.66 bits per heavy atom. The molecule has 1 amide bonds. The second kappa shape index (κ2) is 16.8. The highest BCUT2D eigenvalue weighted by atomic mass is 16.7.